The Kier molecular flexibility index (Phi) is 7.74. The van der Waals surface area contributed by atoms with Crippen LogP contribution < -0.4 is 16.1 Å². The number of aromatic hydroxyl groups is 1. The third-order valence-electron chi connectivity index (χ3n) is 8.87. The summed E-state index contributed by atoms with van der Waals surface area (Å²) in [6, 6.07) is 30.4. The number of phenolic OH excluding ortho intramolecular Hbond substituents is 1. The van der Waals surface area contributed by atoms with E-state index in [1.807, 2.05) is 60.7 Å². The molecule has 0 unspecified atom stereocenters. The molecule has 4 N–H and O–H groups in total. The van der Waals surface area contributed by atoms with Gasteiger partial charge in [0.05, 0.1) is 44.1 Å². The van der Waals surface area contributed by atoms with Gasteiger partial charge >= 0.3 is 5.97 Å². The number of carboxylic acids is 1. The SMILES string of the molecule is O=C(O)c1ccccc1-c1c2ccc(=O)c(CNc3cccc4cccnc34)c-2oc2c(CNc3cccc4cccnc34)c(O)c(Cl)cc12. The number of para-hydroxylation sites is 2. The van der Waals surface area contributed by atoms with Crippen molar-refractivity contribution in [3.63, 3.8) is 0 Å². The molecule has 6 aromatic rings. The molecule has 10 heteroatoms. The average molecular weight is 679 g/mol. The molecule has 3 heterocycles. The van der Waals surface area contributed by atoms with Crippen LogP contribution in [0, 0.1) is 0 Å². The second-order valence-corrected chi connectivity index (χ2v) is 12.2. The molecule has 8 rings (SSSR count). The molecule has 9 nitrogen and oxygen atoms in total. The monoisotopic (exact) mass is 678 g/mol. The van der Waals surface area contributed by atoms with Gasteiger partial charge in [0, 0.05) is 52.8 Å². The maximum absolute atomic E-state index is 13.6. The minimum Gasteiger partial charge on any atom is -0.506 e. The number of nitrogens with one attached hydrogen (secondary N) is 2. The largest absolute Gasteiger partial charge is 0.506 e. The Morgan fingerprint density at radius 3 is 2.02 bits per heavy atom. The van der Waals surface area contributed by atoms with E-state index in [9.17, 15) is 19.8 Å². The Labute approximate surface area is 289 Å². The van der Waals surface area contributed by atoms with Gasteiger partial charge < -0.3 is 25.3 Å². The summed E-state index contributed by atoms with van der Waals surface area (Å²) in [5, 5.41) is 30.8. The number of aromatic carboxylic acids is 1. The van der Waals surface area contributed by atoms with Gasteiger partial charge in [-0.2, -0.15) is 0 Å². The summed E-state index contributed by atoms with van der Waals surface area (Å²) < 4.78 is 6.66. The first-order valence-electron chi connectivity index (χ1n) is 15.8. The molecular weight excluding hydrogens is 652 g/mol. The lowest BCUT2D eigenvalue weighted by Gasteiger charge is -2.21. The summed E-state index contributed by atoms with van der Waals surface area (Å²) in [6.07, 6.45) is 3.41. The van der Waals surface area contributed by atoms with Crippen LogP contribution in [-0.2, 0) is 13.1 Å². The zero-order chi connectivity index (χ0) is 34.4. The molecule has 2 aromatic heterocycles. The second kappa shape index (κ2) is 12.5. The van der Waals surface area contributed by atoms with Gasteiger partial charge in [0.1, 0.15) is 17.1 Å². The van der Waals surface area contributed by atoms with Gasteiger partial charge in [-0.3, -0.25) is 14.8 Å². The van der Waals surface area contributed by atoms with E-state index in [1.165, 1.54) is 12.1 Å². The van der Waals surface area contributed by atoms with Crippen LogP contribution in [0.15, 0.2) is 125 Å². The predicted molar refractivity (Wildman–Crippen MR) is 196 cm³/mol. The standard InChI is InChI=1S/C40H27ClN4O5/c41-30-19-27-34(24-11-1-2-12-25(24)40(48)49)26-15-16-33(46)28(20-44-31-13-3-7-22-9-5-17-42-35(22)31)38(26)50-39(27)29(37(30)47)21-45-32-14-4-8-23-10-6-18-43-36(23)32/h1-19,44-45,47H,20-21H2,(H,48,49). The predicted octanol–water partition coefficient (Wildman–Crippen LogP) is 8.94. The van der Waals surface area contributed by atoms with Gasteiger partial charge in [0.2, 0.25) is 0 Å². The molecule has 0 saturated heterocycles. The zero-order valence-electron chi connectivity index (χ0n) is 26.3. The number of fused-ring (bicyclic) bond motifs is 4. The molecule has 0 bridgehead atoms. The molecule has 0 atom stereocenters. The fourth-order valence-electron chi connectivity index (χ4n) is 6.52. The van der Waals surface area contributed by atoms with Crippen molar-refractivity contribution >= 4 is 61.7 Å². The number of nitrogens with zero attached hydrogens (tertiary/aromatic N) is 2. The van der Waals surface area contributed by atoms with Crippen LogP contribution in [0.2, 0.25) is 5.02 Å². The highest BCUT2D eigenvalue weighted by Gasteiger charge is 2.27. The topological polar surface area (TPSA) is 138 Å². The van der Waals surface area contributed by atoms with Crippen molar-refractivity contribution in [1.82, 2.24) is 9.97 Å². The summed E-state index contributed by atoms with van der Waals surface area (Å²) in [5.41, 5.74) is 5.02. The van der Waals surface area contributed by atoms with Crippen LogP contribution in [0.1, 0.15) is 21.5 Å². The quantitative estimate of drug-likeness (QED) is 0.116. The number of halogens is 1. The first-order valence-corrected chi connectivity index (χ1v) is 16.2. The summed E-state index contributed by atoms with van der Waals surface area (Å²) in [4.78, 5) is 35.2. The number of anilines is 2. The lowest BCUT2D eigenvalue weighted by atomic mass is 9.88. The smallest absolute Gasteiger partial charge is 0.336 e. The van der Waals surface area contributed by atoms with Gasteiger partial charge in [-0.1, -0.05) is 66.2 Å². The van der Waals surface area contributed by atoms with Crippen LogP contribution in [0.3, 0.4) is 0 Å². The van der Waals surface area contributed by atoms with Crippen LogP contribution >= 0.6 is 11.6 Å². The van der Waals surface area contributed by atoms with Crippen molar-refractivity contribution in [2.45, 2.75) is 13.1 Å². The molecule has 2 aliphatic rings. The van der Waals surface area contributed by atoms with E-state index in [0.29, 0.717) is 33.2 Å². The van der Waals surface area contributed by atoms with E-state index in [0.717, 1.165) is 33.2 Å². The molecule has 0 amide bonds. The van der Waals surface area contributed by atoms with E-state index >= 15 is 0 Å². The van der Waals surface area contributed by atoms with Crippen molar-refractivity contribution in [2.24, 2.45) is 0 Å². The number of hydrogen-bond acceptors (Lipinski definition) is 8. The summed E-state index contributed by atoms with van der Waals surface area (Å²) >= 11 is 6.69. The molecule has 244 valence electrons. The number of aromatic nitrogens is 2. The van der Waals surface area contributed by atoms with Crippen LogP contribution in [0.25, 0.3) is 55.2 Å². The van der Waals surface area contributed by atoms with Crippen LogP contribution in [0.5, 0.6) is 5.75 Å². The Balaban J connectivity index is 1.35. The molecule has 0 saturated carbocycles. The summed E-state index contributed by atoms with van der Waals surface area (Å²) in [7, 11) is 0. The molecular formula is C40H27ClN4O5. The second-order valence-electron chi connectivity index (χ2n) is 11.8. The number of carboxylic acid groups (broad SMARTS) is 1. The normalized spacial score (nSPS) is 11.4. The highest BCUT2D eigenvalue weighted by Crippen LogP contribution is 2.47. The summed E-state index contributed by atoms with van der Waals surface area (Å²) in [5.74, 6) is -1.08. The molecule has 1 aliphatic carbocycles. The molecule has 1 aliphatic heterocycles. The summed E-state index contributed by atoms with van der Waals surface area (Å²) in [6.45, 7) is 0.148. The minimum absolute atomic E-state index is 0.0553. The highest BCUT2D eigenvalue weighted by atomic mass is 35.5. The average Bonchev–Trinajstić information content (AvgIpc) is 3.14. The Hall–Kier alpha value is -6.45. The molecule has 0 radical (unpaired) electrons. The fourth-order valence-corrected chi connectivity index (χ4v) is 6.74. The van der Waals surface area contributed by atoms with Crippen molar-refractivity contribution in [1.29, 1.82) is 0 Å². The molecule has 50 heavy (non-hydrogen) atoms. The van der Waals surface area contributed by atoms with E-state index in [-0.39, 0.29) is 46.2 Å². The first-order chi connectivity index (χ1) is 24.4. The van der Waals surface area contributed by atoms with Crippen LogP contribution in [-0.4, -0.2) is 26.2 Å². The van der Waals surface area contributed by atoms with E-state index in [2.05, 4.69) is 20.6 Å². The number of hydrogen-bond donors (Lipinski definition) is 4. The fraction of sp³-hybridized carbons (Fsp3) is 0.0500. The number of pyridine rings is 2. The van der Waals surface area contributed by atoms with Gasteiger partial charge in [-0.15, -0.1) is 0 Å². The van der Waals surface area contributed by atoms with Crippen LogP contribution in [0.4, 0.5) is 11.4 Å². The highest BCUT2D eigenvalue weighted by molar-refractivity contribution is 6.33. The molecule has 0 spiro atoms. The minimum atomic E-state index is -1.12. The van der Waals surface area contributed by atoms with Crippen molar-refractivity contribution in [3.8, 4) is 28.2 Å². The van der Waals surface area contributed by atoms with E-state index in [1.54, 1.807) is 42.7 Å². The maximum atomic E-state index is 13.6. The van der Waals surface area contributed by atoms with E-state index < -0.39 is 5.97 Å². The molecule has 4 aromatic carbocycles. The Morgan fingerprint density at radius 1 is 0.740 bits per heavy atom. The van der Waals surface area contributed by atoms with Gasteiger partial charge in [0.15, 0.2) is 5.43 Å². The number of benzene rings is 5. The third kappa shape index (κ3) is 5.30. The maximum Gasteiger partial charge on any atom is 0.336 e. The first kappa shape index (κ1) is 30.9. The third-order valence-corrected chi connectivity index (χ3v) is 9.15. The van der Waals surface area contributed by atoms with Crippen molar-refractivity contribution in [3.05, 3.63) is 147 Å². The van der Waals surface area contributed by atoms with Gasteiger partial charge in [0.25, 0.3) is 0 Å². The number of rotatable bonds is 8. The Bertz CT molecular complexity index is 2650. The molecule has 0 fully saturated rings. The van der Waals surface area contributed by atoms with Crippen molar-refractivity contribution < 1.29 is 19.4 Å². The Morgan fingerprint density at radius 2 is 1.36 bits per heavy atom. The van der Waals surface area contributed by atoms with Gasteiger partial charge in [-0.25, -0.2) is 4.79 Å². The lowest BCUT2D eigenvalue weighted by molar-refractivity contribution is 0.0697. The zero-order valence-corrected chi connectivity index (χ0v) is 27.0. The number of carbonyl (C=O) groups is 1. The van der Waals surface area contributed by atoms with E-state index in [4.69, 9.17) is 16.0 Å². The number of phenols is 1. The van der Waals surface area contributed by atoms with Crippen molar-refractivity contribution in [2.75, 3.05) is 10.6 Å². The lowest BCUT2D eigenvalue weighted by Crippen LogP contribution is -2.15. The van der Waals surface area contributed by atoms with Gasteiger partial charge in [-0.05, 0) is 54.1 Å².